The van der Waals surface area contributed by atoms with Gasteiger partial charge in [0.15, 0.2) is 12.2 Å². The van der Waals surface area contributed by atoms with Crippen LogP contribution in [0.4, 0.5) is 0 Å². The number of oxime groups is 1. The number of ether oxygens (including phenoxy) is 5. The number of carbonyl (C=O) groups is 4. The van der Waals surface area contributed by atoms with Gasteiger partial charge in [0, 0.05) is 33.3 Å². The molecule has 4 rings (SSSR count). The second-order valence-corrected chi connectivity index (χ2v) is 12.2. The molecule has 0 bridgehead atoms. The molecule has 12 heteroatoms. The molecule has 0 aliphatic carbocycles. The molecule has 1 aliphatic rings. The lowest BCUT2D eigenvalue weighted by molar-refractivity contribution is -0.308. The summed E-state index contributed by atoms with van der Waals surface area (Å²) in [5, 5.41) is 7.49. The standard InChI is InChI=1S/C33H34NO10P/c1-21(35)39-20-28-30(40-22(2)36)31(41-23(3)37)32(42-24(4)38)33(43-28)44-34-19-25-13-11-12-18-29(25)45(26-14-7-5-8-15-26)27-16-9-6-10-17-27/h5-19,28,30-33H,20H2,1-4H3/b34-19+/t28-,30-,31+,32-,33+/m1/s1. The van der Waals surface area contributed by atoms with Gasteiger partial charge in [0.05, 0.1) is 6.21 Å². The summed E-state index contributed by atoms with van der Waals surface area (Å²) in [5.74, 6) is -2.82. The van der Waals surface area contributed by atoms with Crippen molar-refractivity contribution in [3.05, 3.63) is 90.5 Å². The SMILES string of the molecule is CC(=O)OC[C@H]1O[C@@H](O/N=C/c2ccccc2P(c2ccccc2)c2ccccc2)[C@H](OC(C)=O)[C@@H](OC(C)=O)[C@@H]1OC(C)=O. The van der Waals surface area contributed by atoms with Crippen molar-refractivity contribution in [2.24, 2.45) is 5.16 Å². The van der Waals surface area contributed by atoms with E-state index in [1.54, 1.807) is 0 Å². The Bertz CT molecular complexity index is 1460. The lowest BCUT2D eigenvalue weighted by Gasteiger charge is -2.42. The molecule has 3 aromatic carbocycles. The predicted octanol–water partition coefficient (Wildman–Crippen LogP) is 2.88. The van der Waals surface area contributed by atoms with Crippen LogP contribution in [0.25, 0.3) is 0 Å². The zero-order valence-corrected chi connectivity index (χ0v) is 26.1. The zero-order chi connectivity index (χ0) is 32.3. The van der Waals surface area contributed by atoms with Crippen molar-refractivity contribution < 1.29 is 47.7 Å². The van der Waals surface area contributed by atoms with Crippen LogP contribution in [0.2, 0.25) is 0 Å². The topological polar surface area (TPSA) is 136 Å². The van der Waals surface area contributed by atoms with Crippen molar-refractivity contribution in [1.29, 1.82) is 0 Å². The second kappa shape index (κ2) is 15.9. The zero-order valence-electron chi connectivity index (χ0n) is 25.2. The van der Waals surface area contributed by atoms with Crippen LogP contribution in [0.3, 0.4) is 0 Å². The first-order chi connectivity index (χ1) is 21.6. The normalized spacial score (nSPS) is 21.1. The Hall–Kier alpha value is -4.60. The molecule has 5 atom stereocenters. The first kappa shape index (κ1) is 33.3. The number of rotatable bonds is 11. The minimum absolute atomic E-state index is 0.372. The van der Waals surface area contributed by atoms with Crippen LogP contribution < -0.4 is 15.9 Å². The van der Waals surface area contributed by atoms with Gasteiger partial charge in [0.1, 0.15) is 12.7 Å². The molecule has 0 amide bonds. The van der Waals surface area contributed by atoms with E-state index in [0.29, 0.717) is 0 Å². The average Bonchev–Trinajstić information content (AvgIpc) is 3.00. The van der Waals surface area contributed by atoms with Gasteiger partial charge in [-0.2, -0.15) is 0 Å². The Morgan fingerprint density at radius 3 is 1.76 bits per heavy atom. The maximum atomic E-state index is 12.1. The number of hydrogen-bond acceptors (Lipinski definition) is 11. The van der Waals surface area contributed by atoms with Gasteiger partial charge in [-0.05, 0) is 23.8 Å². The lowest BCUT2D eigenvalue weighted by atomic mass is 9.98. The average molecular weight is 636 g/mol. The highest BCUT2D eigenvalue weighted by atomic mass is 31.1. The minimum Gasteiger partial charge on any atom is -0.463 e. The Balaban J connectivity index is 1.68. The molecule has 1 aliphatic heterocycles. The van der Waals surface area contributed by atoms with E-state index in [1.165, 1.54) is 13.1 Å². The van der Waals surface area contributed by atoms with Gasteiger partial charge in [0.25, 0.3) is 6.29 Å². The lowest BCUT2D eigenvalue weighted by Crippen LogP contribution is -2.62. The number of esters is 4. The van der Waals surface area contributed by atoms with Gasteiger partial charge in [-0.3, -0.25) is 19.2 Å². The van der Waals surface area contributed by atoms with Crippen molar-refractivity contribution >= 4 is 53.9 Å². The van der Waals surface area contributed by atoms with E-state index in [2.05, 4.69) is 29.4 Å². The smallest absolute Gasteiger partial charge is 0.303 e. The molecular formula is C33H34NO10P. The van der Waals surface area contributed by atoms with E-state index in [-0.39, 0.29) is 6.61 Å². The molecule has 0 spiro atoms. The molecular weight excluding hydrogens is 601 g/mol. The molecule has 0 unspecified atom stereocenters. The first-order valence-electron chi connectivity index (χ1n) is 14.1. The van der Waals surface area contributed by atoms with E-state index < -0.39 is 62.5 Å². The van der Waals surface area contributed by atoms with Crippen molar-refractivity contribution in [3.8, 4) is 0 Å². The number of benzene rings is 3. The van der Waals surface area contributed by atoms with Crippen molar-refractivity contribution in [1.82, 2.24) is 0 Å². The van der Waals surface area contributed by atoms with E-state index in [1.807, 2.05) is 60.7 Å². The van der Waals surface area contributed by atoms with Crippen molar-refractivity contribution in [3.63, 3.8) is 0 Å². The van der Waals surface area contributed by atoms with Crippen LogP contribution in [0, 0.1) is 0 Å². The fourth-order valence-electron chi connectivity index (χ4n) is 4.80. The van der Waals surface area contributed by atoms with E-state index in [9.17, 15) is 19.2 Å². The first-order valence-corrected chi connectivity index (χ1v) is 15.5. The summed E-state index contributed by atoms with van der Waals surface area (Å²) < 4.78 is 27.4. The summed E-state index contributed by atoms with van der Waals surface area (Å²) in [7, 11) is -0.970. The fourth-order valence-corrected chi connectivity index (χ4v) is 7.22. The molecule has 45 heavy (non-hydrogen) atoms. The van der Waals surface area contributed by atoms with E-state index >= 15 is 0 Å². The van der Waals surface area contributed by atoms with Gasteiger partial charge < -0.3 is 28.5 Å². The van der Waals surface area contributed by atoms with Crippen LogP contribution in [0.5, 0.6) is 0 Å². The van der Waals surface area contributed by atoms with E-state index in [4.69, 9.17) is 28.5 Å². The van der Waals surface area contributed by atoms with Crippen molar-refractivity contribution in [2.45, 2.75) is 58.4 Å². The third-order valence-corrected chi connectivity index (χ3v) is 9.03. The van der Waals surface area contributed by atoms with Crippen LogP contribution >= 0.6 is 7.92 Å². The summed E-state index contributed by atoms with van der Waals surface area (Å²) in [6.07, 6.45) is -5.10. The van der Waals surface area contributed by atoms with Crippen molar-refractivity contribution in [2.75, 3.05) is 6.61 Å². The number of hydrogen-bond donors (Lipinski definition) is 0. The van der Waals surface area contributed by atoms with Crippen LogP contribution in [-0.2, 0) is 47.7 Å². The molecule has 0 radical (unpaired) electrons. The van der Waals surface area contributed by atoms with Crippen LogP contribution in [0.1, 0.15) is 33.3 Å². The molecule has 11 nitrogen and oxygen atoms in total. The predicted molar refractivity (Wildman–Crippen MR) is 166 cm³/mol. The second-order valence-electron chi connectivity index (χ2n) is 9.97. The third kappa shape index (κ3) is 9.20. The Morgan fingerprint density at radius 2 is 1.20 bits per heavy atom. The van der Waals surface area contributed by atoms with Crippen LogP contribution in [0.15, 0.2) is 90.1 Å². The molecule has 1 heterocycles. The summed E-state index contributed by atoms with van der Waals surface area (Å²) in [6.45, 7) is 4.28. The minimum atomic E-state index is -1.43. The molecule has 3 aromatic rings. The molecule has 1 fully saturated rings. The van der Waals surface area contributed by atoms with Crippen LogP contribution in [-0.4, -0.2) is 67.4 Å². The van der Waals surface area contributed by atoms with Gasteiger partial charge in [-0.25, -0.2) is 0 Å². The van der Waals surface area contributed by atoms with Gasteiger partial charge in [-0.15, -0.1) is 0 Å². The molecule has 1 saturated heterocycles. The molecule has 236 valence electrons. The maximum Gasteiger partial charge on any atom is 0.303 e. The monoisotopic (exact) mass is 635 g/mol. The van der Waals surface area contributed by atoms with Gasteiger partial charge >= 0.3 is 23.9 Å². The Morgan fingerprint density at radius 1 is 0.689 bits per heavy atom. The highest BCUT2D eigenvalue weighted by Crippen LogP contribution is 2.34. The highest BCUT2D eigenvalue weighted by molar-refractivity contribution is 7.80. The van der Waals surface area contributed by atoms with E-state index in [0.717, 1.165) is 42.2 Å². The molecule has 0 N–H and O–H groups in total. The third-order valence-electron chi connectivity index (χ3n) is 6.51. The fraction of sp³-hybridized carbons (Fsp3) is 0.303. The maximum absolute atomic E-state index is 12.1. The largest absolute Gasteiger partial charge is 0.463 e. The number of nitrogens with zero attached hydrogens (tertiary/aromatic N) is 1. The Kier molecular flexibility index (Phi) is 11.8. The molecule has 0 aromatic heterocycles. The highest BCUT2D eigenvalue weighted by Gasteiger charge is 2.53. The van der Waals surface area contributed by atoms with Gasteiger partial charge in [-0.1, -0.05) is 90.1 Å². The Labute approximate surface area is 262 Å². The van der Waals surface area contributed by atoms with Gasteiger partial charge in [0.2, 0.25) is 6.10 Å². The molecule has 0 saturated carbocycles. The summed E-state index contributed by atoms with van der Waals surface area (Å²) in [6, 6.07) is 28.0. The summed E-state index contributed by atoms with van der Waals surface area (Å²) in [5.41, 5.74) is 0.766. The summed E-state index contributed by atoms with van der Waals surface area (Å²) >= 11 is 0. The number of carbonyl (C=O) groups excluding carboxylic acids is 4. The quantitative estimate of drug-likeness (QED) is 0.102. The summed E-state index contributed by atoms with van der Waals surface area (Å²) in [4.78, 5) is 53.5.